The Morgan fingerprint density at radius 1 is 1.16 bits per heavy atom. The van der Waals surface area contributed by atoms with Gasteiger partial charge < -0.3 is 5.11 Å². The number of rotatable bonds is 10. The third kappa shape index (κ3) is 8.36. The van der Waals surface area contributed by atoms with Crippen LogP contribution < -0.4 is 4.74 Å². The maximum atomic E-state index is 11.8. The fraction of sp³-hybridized carbons (Fsp3) is 0.353. The summed E-state index contributed by atoms with van der Waals surface area (Å²) in [5, 5.41) is 8.91. The van der Waals surface area contributed by atoms with Gasteiger partial charge in [0.1, 0.15) is 0 Å². The molecular formula is C17H20CoO7. The maximum absolute atomic E-state index is 11.8. The summed E-state index contributed by atoms with van der Waals surface area (Å²) in [5.74, 6) is -2.06. The van der Waals surface area contributed by atoms with Crippen LogP contribution in [0.1, 0.15) is 36.5 Å². The predicted octanol–water partition coefficient (Wildman–Crippen LogP) is 2.92. The first-order chi connectivity index (χ1) is 11.8. The van der Waals surface area contributed by atoms with Gasteiger partial charge in [0, 0.05) is 0 Å². The average Bonchev–Trinajstić information content (AvgIpc) is 2.57. The second-order valence-corrected chi connectivity index (χ2v) is 7.26. The molecule has 0 amide bonds. The van der Waals surface area contributed by atoms with Crippen LogP contribution in [0.15, 0.2) is 35.4 Å². The molecule has 0 aromatic heterocycles. The molecular weight excluding hydrogens is 375 g/mol. The number of ether oxygens (including phenoxy) is 2. The molecule has 0 heterocycles. The second-order valence-electron chi connectivity index (χ2n) is 4.97. The molecule has 1 rings (SSSR count). The fourth-order valence-corrected chi connectivity index (χ4v) is 2.52. The third-order valence-electron chi connectivity index (χ3n) is 2.83. The first-order valence-electron chi connectivity index (χ1n) is 7.41. The van der Waals surface area contributed by atoms with Gasteiger partial charge >= 0.3 is 133 Å². The van der Waals surface area contributed by atoms with E-state index in [1.165, 1.54) is 24.3 Å². The summed E-state index contributed by atoms with van der Waals surface area (Å²) < 4.78 is 22.1. The number of carboxylic acids is 1. The van der Waals surface area contributed by atoms with Gasteiger partial charge in [-0.25, -0.2) is 0 Å². The Labute approximate surface area is 149 Å². The standard InChI is InChI=1S/C14H15O6.C3H5.Co.O/c1-2-9-19-14(18)10-3-5-11(6-4-10)20-13(17)8-7-12(15)16;1-3-2;;/h3-6H,1-2,7-9H2,(H,15,16);1H2,2H3;;. The Kier molecular flexibility index (Phi) is 8.72. The van der Waals surface area contributed by atoms with Crippen molar-refractivity contribution < 1.29 is 46.4 Å². The van der Waals surface area contributed by atoms with Crippen LogP contribution in [0.5, 0.6) is 5.75 Å². The molecule has 0 saturated heterocycles. The van der Waals surface area contributed by atoms with E-state index in [1.54, 1.807) is 6.92 Å². The van der Waals surface area contributed by atoms with E-state index in [0.717, 1.165) is 0 Å². The van der Waals surface area contributed by atoms with E-state index < -0.39 is 31.5 Å². The molecule has 0 unspecified atom stereocenters. The average molecular weight is 395 g/mol. The molecule has 8 heteroatoms. The van der Waals surface area contributed by atoms with Crippen molar-refractivity contribution in [1.29, 1.82) is 0 Å². The number of benzene rings is 1. The summed E-state index contributed by atoms with van der Waals surface area (Å²) in [6, 6.07) is 5.73. The predicted molar refractivity (Wildman–Crippen MR) is 84.2 cm³/mol. The third-order valence-corrected chi connectivity index (χ3v) is 4.66. The topological polar surface area (TPSA) is 107 Å². The molecule has 0 radical (unpaired) electrons. The Balaban J connectivity index is 2.40. The van der Waals surface area contributed by atoms with Crippen LogP contribution in [0.4, 0.5) is 0 Å². The number of hydrogen-bond donors (Lipinski definition) is 1. The molecule has 25 heavy (non-hydrogen) atoms. The number of aliphatic carboxylic acids is 1. The Morgan fingerprint density at radius 3 is 2.36 bits per heavy atom. The Morgan fingerprint density at radius 2 is 1.80 bits per heavy atom. The van der Waals surface area contributed by atoms with Crippen molar-refractivity contribution in [3.05, 3.63) is 40.9 Å². The van der Waals surface area contributed by atoms with Gasteiger partial charge in [0.15, 0.2) is 0 Å². The first-order valence-corrected chi connectivity index (χ1v) is 9.09. The van der Waals surface area contributed by atoms with E-state index in [9.17, 15) is 18.2 Å². The summed E-state index contributed by atoms with van der Waals surface area (Å²) in [5.41, 5.74) is 0.286. The molecule has 0 spiro atoms. The molecule has 0 aliphatic heterocycles. The van der Waals surface area contributed by atoms with Gasteiger partial charge in [-0.2, -0.15) is 0 Å². The van der Waals surface area contributed by atoms with E-state index in [-0.39, 0.29) is 30.8 Å². The van der Waals surface area contributed by atoms with Gasteiger partial charge in [0.2, 0.25) is 0 Å². The summed E-state index contributed by atoms with van der Waals surface area (Å²) in [6.07, 6.45) is -0.0579. The number of allylic oxidation sites excluding steroid dienone is 1. The van der Waals surface area contributed by atoms with Crippen molar-refractivity contribution in [3.63, 3.8) is 0 Å². The van der Waals surface area contributed by atoms with Crippen LogP contribution in [0.25, 0.3) is 0 Å². The van der Waals surface area contributed by atoms with Crippen LogP contribution in [-0.2, 0) is 31.8 Å². The molecule has 7 nitrogen and oxygen atoms in total. The number of esters is 2. The van der Waals surface area contributed by atoms with Gasteiger partial charge in [-0.1, -0.05) is 0 Å². The zero-order valence-electron chi connectivity index (χ0n) is 13.8. The van der Waals surface area contributed by atoms with Crippen molar-refractivity contribution in [1.82, 2.24) is 0 Å². The molecule has 139 valence electrons. The van der Waals surface area contributed by atoms with Crippen molar-refractivity contribution in [2.24, 2.45) is 0 Å². The van der Waals surface area contributed by atoms with E-state index in [1.807, 2.05) is 0 Å². The molecule has 1 aromatic rings. The molecule has 1 aromatic carbocycles. The SMILES string of the molecule is C=[C](C)[Co](=[O])[CH2]CCOC(=O)c1ccc(OC(=O)CCC(=O)O)cc1. The Hall–Kier alpha value is -2.32. The van der Waals surface area contributed by atoms with E-state index in [4.69, 9.17) is 14.6 Å². The van der Waals surface area contributed by atoms with Crippen molar-refractivity contribution in [3.8, 4) is 5.75 Å². The van der Waals surface area contributed by atoms with E-state index in [0.29, 0.717) is 16.3 Å². The zero-order valence-corrected chi connectivity index (χ0v) is 14.8. The molecule has 0 aliphatic rings. The summed E-state index contributed by atoms with van der Waals surface area (Å²) in [6.45, 7) is 5.45. The minimum absolute atomic E-state index is 0.151. The van der Waals surface area contributed by atoms with Crippen molar-refractivity contribution >= 4 is 17.9 Å². The summed E-state index contributed by atoms with van der Waals surface area (Å²) >= 11 is -1.44. The van der Waals surface area contributed by atoms with Gasteiger partial charge in [-0.15, -0.1) is 0 Å². The summed E-state index contributed by atoms with van der Waals surface area (Å²) in [7, 11) is 0. The minimum atomic E-state index is -1.44. The van der Waals surface area contributed by atoms with Gasteiger partial charge in [0.25, 0.3) is 0 Å². The fourth-order valence-electron chi connectivity index (χ4n) is 1.60. The molecule has 1 N–H and O–H groups in total. The molecule has 0 atom stereocenters. The molecule has 0 fully saturated rings. The van der Waals surface area contributed by atoms with Gasteiger partial charge in [-0.3, -0.25) is 4.79 Å². The first kappa shape index (κ1) is 20.7. The van der Waals surface area contributed by atoms with Gasteiger partial charge in [0.05, 0.1) is 6.42 Å². The van der Waals surface area contributed by atoms with Crippen molar-refractivity contribution in [2.45, 2.75) is 31.5 Å². The van der Waals surface area contributed by atoms with Crippen LogP contribution in [-0.4, -0.2) is 29.6 Å². The zero-order chi connectivity index (χ0) is 18.8. The van der Waals surface area contributed by atoms with Gasteiger partial charge in [-0.05, 0) is 0 Å². The number of carbonyl (C=O) groups excluding carboxylic acids is 2. The monoisotopic (exact) mass is 395 g/mol. The van der Waals surface area contributed by atoms with E-state index in [2.05, 4.69) is 6.58 Å². The molecule has 0 bridgehead atoms. The Bertz CT molecular complexity index is 664. The van der Waals surface area contributed by atoms with E-state index >= 15 is 0 Å². The van der Waals surface area contributed by atoms with Crippen LogP contribution in [0.3, 0.4) is 0 Å². The van der Waals surface area contributed by atoms with Crippen molar-refractivity contribution in [2.75, 3.05) is 6.61 Å². The van der Waals surface area contributed by atoms with Crippen LogP contribution in [0, 0.1) is 0 Å². The summed E-state index contributed by atoms with van der Waals surface area (Å²) in [4.78, 5) is 33.6. The number of hydrogen-bond acceptors (Lipinski definition) is 6. The van der Waals surface area contributed by atoms with Crippen LogP contribution in [0.2, 0.25) is 5.36 Å². The quantitative estimate of drug-likeness (QED) is 0.369. The molecule has 0 aliphatic carbocycles. The molecule has 0 saturated carbocycles. The number of carboxylic acid groups (broad SMARTS) is 1. The number of carbonyl (C=O) groups is 3. The second kappa shape index (κ2) is 10.5. The van der Waals surface area contributed by atoms with Crippen LogP contribution >= 0.6 is 0 Å². The normalized spacial score (nSPS) is 10.7.